The molecule has 1 fully saturated rings. The molecule has 7 heteroatoms. The van der Waals surface area contributed by atoms with Crippen LogP contribution in [0.2, 0.25) is 5.02 Å². The Labute approximate surface area is 135 Å². The largest absolute Gasteiger partial charge is 0.492 e. The van der Waals surface area contributed by atoms with E-state index in [0.29, 0.717) is 36.2 Å². The van der Waals surface area contributed by atoms with Gasteiger partial charge in [0, 0.05) is 12.2 Å². The summed E-state index contributed by atoms with van der Waals surface area (Å²) >= 11 is 6.09. The predicted octanol–water partition coefficient (Wildman–Crippen LogP) is 2.48. The van der Waals surface area contributed by atoms with Gasteiger partial charge in [-0.1, -0.05) is 11.6 Å². The maximum absolute atomic E-state index is 12.2. The van der Waals surface area contributed by atoms with E-state index in [1.807, 2.05) is 13.8 Å². The summed E-state index contributed by atoms with van der Waals surface area (Å²) in [5.74, 6) is 0.483. The summed E-state index contributed by atoms with van der Waals surface area (Å²) in [6.07, 6.45) is -0.151. The van der Waals surface area contributed by atoms with Crippen molar-refractivity contribution in [2.24, 2.45) is 0 Å². The van der Waals surface area contributed by atoms with E-state index in [1.165, 1.54) is 0 Å². The second-order valence-electron chi connectivity index (χ2n) is 4.58. The summed E-state index contributed by atoms with van der Waals surface area (Å²) < 4.78 is 10.8. The molecule has 1 amide bonds. The second kappa shape index (κ2) is 8.44. The van der Waals surface area contributed by atoms with Crippen molar-refractivity contribution in [1.82, 2.24) is 5.32 Å². The Morgan fingerprint density at radius 1 is 1.57 bits per heavy atom. The molecule has 1 aromatic carbocycles. The van der Waals surface area contributed by atoms with Gasteiger partial charge in [0.05, 0.1) is 24.3 Å². The predicted molar refractivity (Wildman–Crippen MR) is 85.7 cm³/mol. The molecule has 1 aliphatic heterocycles. The number of anilines is 1. The first kappa shape index (κ1) is 18.0. The van der Waals surface area contributed by atoms with Gasteiger partial charge in [-0.05, 0) is 32.0 Å². The molecule has 0 aromatic heterocycles. The van der Waals surface area contributed by atoms with Gasteiger partial charge in [0.25, 0.3) is 0 Å². The molecule has 2 N–H and O–H groups in total. The number of rotatable bonds is 4. The van der Waals surface area contributed by atoms with Crippen molar-refractivity contribution in [3.05, 3.63) is 23.2 Å². The SMILES string of the molecule is CCOc1ccc(NC(=O)[C@H]2NCCO[C@@H]2C)cc1Cl.Cl. The number of morpholine rings is 1. The smallest absolute Gasteiger partial charge is 0.244 e. The lowest BCUT2D eigenvalue weighted by Gasteiger charge is -2.29. The quantitative estimate of drug-likeness (QED) is 0.888. The minimum absolute atomic E-state index is 0. The van der Waals surface area contributed by atoms with Gasteiger partial charge >= 0.3 is 0 Å². The number of hydrogen-bond donors (Lipinski definition) is 2. The standard InChI is InChI=1S/C14H19ClN2O3.ClH/c1-3-19-12-5-4-10(8-11(12)15)17-14(18)13-9(2)20-7-6-16-13;/h4-5,8-9,13,16H,3,6-7H2,1-2H3,(H,17,18);1H/t9-,13+;/m1./s1. The fourth-order valence-corrected chi connectivity index (χ4v) is 2.33. The van der Waals surface area contributed by atoms with Gasteiger partial charge in [-0.25, -0.2) is 0 Å². The molecule has 1 heterocycles. The van der Waals surface area contributed by atoms with E-state index < -0.39 is 0 Å². The van der Waals surface area contributed by atoms with Gasteiger partial charge < -0.3 is 20.1 Å². The van der Waals surface area contributed by atoms with Crippen LogP contribution in [-0.4, -0.2) is 37.8 Å². The highest BCUT2D eigenvalue weighted by molar-refractivity contribution is 6.32. The van der Waals surface area contributed by atoms with Crippen LogP contribution in [0.1, 0.15) is 13.8 Å². The molecular weight excluding hydrogens is 315 g/mol. The first-order valence-corrected chi connectivity index (χ1v) is 7.07. The van der Waals surface area contributed by atoms with E-state index in [2.05, 4.69) is 10.6 Å². The molecule has 118 valence electrons. The molecule has 1 aliphatic rings. The van der Waals surface area contributed by atoms with Gasteiger partial charge in [0.1, 0.15) is 11.8 Å². The third kappa shape index (κ3) is 4.74. The number of halogens is 2. The molecule has 2 atom stereocenters. The summed E-state index contributed by atoms with van der Waals surface area (Å²) in [5, 5.41) is 6.45. The highest BCUT2D eigenvalue weighted by atomic mass is 35.5. The van der Waals surface area contributed by atoms with Crippen molar-refractivity contribution in [2.75, 3.05) is 25.1 Å². The maximum Gasteiger partial charge on any atom is 0.244 e. The highest BCUT2D eigenvalue weighted by Crippen LogP contribution is 2.27. The van der Waals surface area contributed by atoms with E-state index in [1.54, 1.807) is 18.2 Å². The third-order valence-electron chi connectivity index (χ3n) is 3.10. The number of carbonyl (C=O) groups excluding carboxylic acids is 1. The fourth-order valence-electron chi connectivity index (χ4n) is 2.10. The summed E-state index contributed by atoms with van der Waals surface area (Å²) in [4.78, 5) is 12.2. The van der Waals surface area contributed by atoms with Crippen molar-refractivity contribution >= 4 is 35.6 Å². The van der Waals surface area contributed by atoms with Gasteiger partial charge in [0.2, 0.25) is 5.91 Å². The van der Waals surface area contributed by atoms with Crippen LogP contribution in [0.15, 0.2) is 18.2 Å². The van der Waals surface area contributed by atoms with Crippen LogP contribution >= 0.6 is 24.0 Å². The number of hydrogen-bond acceptors (Lipinski definition) is 4. The fraction of sp³-hybridized carbons (Fsp3) is 0.500. The minimum atomic E-state index is -0.353. The zero-order valence-corrected chi connectivity index (χ0v) is 13.6. The van der Waals surface area contributed by atoms with E-state index >= 15 is 0 Å². The van der Waals surface area contributed by atoms with Crippen molar-refractivity contribution in [1.29, 1.82) is 0 Å². The Kier molecular flexibility index (Phi) is 7.25. The average Bonchev–Trinajstić information content (AvgIpc) is 2.42. The Morgan fingerprint density at radius 2 is 2.33 bits per heavy atom. The Bertz CT molecular complexity index is 485. The van der Waals surface area contributed by atoms with Gasteiger partial charge in [0.15, 0.2) is 0 Å². The van der Waals surface area contributed by atoms with Gasteiger partial charge in [-0.3, -0.25) is 4.79 Å². The lowest BCUT2D eigenvalue weighted by Crippen LogP contribution is -2.53. The van der Waals surface area contributed by atoms with Crippen LogP contribution in [0.3, 0.4) is 0 Å². The number of amides is 1. The lowest BCUT2D eigenvalue weighted by atomic mass is 10.1. The third-order valence-corrected chi connectivity index (χ3v) is 3.39. The molecule has 0 bridgehead atoms. The van der Waals surface area contributed by atoms with Crippen LogP contribution in [0.4, 0.5) is 5.69 Å². The monoisotopic (exact) mass is 334 g/mol. The van der Waals surface area contributed by atoms with E-state index in [0.717, 1.165) is 0 Å². The van der Waals surface area contributed by atoms with Crippen molar-refractivity contribution in [3.63, 3.8) is 0 Å². The molecule has 1 saturated heterocycles. The maximum atomic E-state index is 12.2. The summed E-state index contributed by atoms with van der Waals surface area (Å²) in [5.41, 5.74) is 0.642. The first-order valence-electron chi connectivity index (χ1n) is 6.70. The molecule has 0 aliphatic carbocycles. The molecule has 21 heavy (non-hydrogen) atoms. The number of benzene rings is 1. The highest BCUT2D eigenvalue weighted by Gasteiger charge is 2.28. The zero-order valence-electron chi connectivity index (χ0n) is 12.0. The van der Waals surface area contributed by atoms with Crippen LogP contribution in [0, 0.1) is 0 Å². The Balaban J connectivity index is 0.00000220. The topological polar surface area (TPSA) is 59.6 Å². The van der Waals surface area contributed by atoms with Crippen molar-refractivity contribution in [2.45, 2.75) is 26.0 Å². The van der Waals surface area contributed by atoms with Crippen molar-refractivity contribution in [3.8, 4) is 5.75 Å². The summed E-state index contributed by atoms with van der Waals surface area (Å²) in [6, 6.07) is 4.84. The van der Waals surface area contributed by atoms with Gasteiger partial charge in [-0.2, -0.15) is 0 Å². The number of carbonyl (C=O) groups is 1. The Morgan fingerprint density at radius 3 is 2.95 bits per heavy atom. The lowest BCUT2D eigenvalue weighted by molar-refractivity contribution is -0.123. The van der Waals surface area contributed by atoms with E-state index in [4.69, 9.17) is 21.1 Å². The first-order chi connectivity index (χ1) is 9.61. The molecule has 0 spiro atoms. The number of ether oxygens (including phenoxy) is 2. The minimum Gasteiger partial charge on any atom is -0.492 e. The molecule has 0 unspecified atom stereocenters. The molecular formula is C14H20Cl2N2O3. The molecule has 0 saturated carbocycles. The molecule has 1 aromatic rings. The van der Waals surface area contributed by atoms with Crippen LogP contribution < -0.4 is 15.4 Å². The van der Waals surface area contributed by atoms with Crippen molar-refractivity contribution < 1.29 is 14.3 Å². The van der Waals surface area contributed by atoms with E-state index in [-0.39, 0.29) is 30.5 Å². The van der Waals surface area contributed by atoms with Crippen LogP contribution in [0.25, 0.3) is 0 Å². The van der Waals surface area contributed by atoms with E-state index in [9.17, 15) is 4.79 Å². The average molecular weight is 335 g/mol. The zero-order chi connectivity index (χ0) is 14.5. The van der Waals surface area contributed by atoms with Crippen LogP contribution in [-0.2, 0) is 9.53 Å². The van der Waals surface area contributed by atoms with Crippen LogP contribution in [0.5, 0.6) is 5.75 Å². The summed E-state index contributed by atoms with van der Waals surface area (Å²) in [6.45, 7) is 5.61. The normalized spacial score (nSPS) is 21.3. The Hall–Kier alpha value is -1.01. The van der Waals surface area contributed by atoms with Gasteiger partial charge in [-0.15, -0.1) is 12.4 Å². The molecule has 5 nitrogen and oxygen atoms in total. The summed E-state index contributed by atoms with van der Waals surface area (Å²) in [7, 11) is 0. The molecule has 0 radical (unpaired) electrons. The molecule has 2 rings (SSSR count). The number of nitrogens with one attached hydrogen (secondary N) is 2. The second-order valence-corrected chi connectivity index (χ2v) is 4.98.